The van der Waals surface area contributed by atoms with Crippen LogP contribution in [0, 0.1) is 6.92 Å². The Kier molecular flexibility index (Phi) is 2.80. The molecule has 2 rings (SSSR count). The summed E-state index contributed by atoms with van der Waals surface area (Å²) in [5.74, 6) is 0.871. The molecular weight excluding hydrogens is 152 g/mol. The fourth-order valence-electron chi connectivity index (χ4n) is 0.912. The van der Waals surface area contributed by atoms with E-state index in [9.17, 15) is 0 Å². The van der Waals surface area contributed by atoms with Crippen LogP contribution in [0.3, 0.4) is 0 Å². The van der Waals surface area contributed by atoms with Gasteiger partial charge in [0.25, 0.3) is 0 Å². The fourth-order valence-corrected chi connectivity index (χ4v) is 0.912. The maximum atomic E-state index is 5.11. The topological polar surface area (TPSA) is 38.9 Å². The van der Waals surface area contributed by atoms with Crippen molar-refractivity contribution in [1.29, 1.82) is 0 Å². The lowest BCUT2D eigenvalue weighted by Crippen LogP contribution is -1.75. The number of furan rings is 1. The predicted octanol–water partition coefficient (Wildman–Crippen LogP) is 2.56. The Balaban J connectivity index is 0.000000336. The van der Waals surface area contributed by atoms with Gasteiger partial charge in [-0.2, -0.15) is 0 Å². The van der Waals surface area contributed by atoms with Crippen molar-refractivity contribution in [1.82, 2.24) is 9.97 Å². The van der Waals surface area contributed by atoms with Gasteiger partial charge in [0.15, 0.2) is 0 Å². The molecule has 0 aromatic carbocycles. The van der Waals surface area contributed by atoms with Crippen LogP contribution >= 0.6 is 0 Å². The van der Waals surface area contributed by atoms with Crippen LogP contribution in [0.5, 0.6) is 0 Å². The molecule has 0 saturated heterocycles. The first-order valence-electron chi connectivity index (χ1n) is 4.02. The Labute approximate surface area is 71.4 Å². The summed E-state index contributed by atoms with van der Waals surface area (Å²) in [5, 5.41) is 0.988. The molecule has 3 nitrogen and oxygen atoms in total. The van der Waals surface area contributed by atoms with E-state index in [1.807, 2.05) is 20.8 Å². The summed E-state index contributed by atoms with van der Waals surface area (Å²) in [6, 6.07) is 0. The van der Waals surface area contributed by atoms with Crippen LogP contribution in [-0.4, -0.2) is 9.97 Å². The molecule has 0 atom stereocenters. The lowest BCUT2D eigenvalue weighted by Gasteiger charge is -1.83. The average Bonchev–Trinajstić information content (AvgIpc) is 2.53. The molecule has 0 spiro atoms. The van der Waals surface area contributed by atoms with Gasteiger partial charge in [0.2, 0.25) is 0 Å². The van der Waals surface area contributed by atoms with Crippen LogP contribution in [0.4, 0.5) is 0 Å². The fraction of sp³-hybridized carbons (Fsp3) is 0.333. The predicted molar refractivity (Wildman–Crippen MR) is 47.9 cm³/mol. The number of hydrogen-bond acceptors (Lipinski definition) is 3. The zero-order valence-electron chi connectivity index (χ0n) is 7.53. The molecule has 0 fully saturated rings. The van der Waals surface area contributed by atoms with Crippen LogP contribution in [-0.2, 0) is 0 Å². The molecule has 12 heavy (non-hydrogen) atoms. The average molecular weight is 164 g/mol. The van der Waals surface area contributed by atoms with E-state index in [1.54, 1.807) is 12.5 Å². The molecule has 0 aliphatic rings. The highest BCUT2D eigenvalue weighted by Gasteiger charge is 1.99. The van der Waals surface area contributed by atoms with Gasteiger partial charge in [-0.15, -0.1) is 0 Å². The van der Waals surface area contributed by atoms with E-state index >= 15 is 0 Å². The molecule has 0 amide bonds. The van der Waals surface area contributed by atoms with Crippen LogP contribution < -0.4 is 0 Å². The minimum absolute atomic E-state index is 0.868. The molecule has 3 heteroatoms. The molecule has 0 radical (unpaired) electrons. The molecule has 0 N–H and O–H groups in total. The second kappa shape index (κ2) is 3.85. The molecular formula is C9H12N2O. The standard InChI is InChI=1S/C7H6N2O.C2H6/c1-5-6-2-8-4-9-7(6)3-10-5;1-2/h2-4H,1H3;1-2H3. The molecule has 2 aromatic rings. The Bertz CT molecular complexity index is 354. The highest BCUT2D eigenvalue weighted by Crippen LogP contribution is 2.15. The van der Waals surface area contributed by atoms with Gasteiger partial charge in [0.1, 0.15) is 23.9 Å². The van der Waals surface area contributed by atoms with Crippen molar-refractivity contribution in [3.05, 3.63) is 24.5 Å². The smallest absolute Gasteiger partial charge is 0.117 e. The van der Waals surface area contributed by atoms with Gasteiger partial charge < -0.3 is 4.42 Å². The molecule has 0 aliphatic carbocycles. The summed E-state index contributed by atoms with van der Waals surface area (Å²) in [6.07, 6.45) is 4.89. The second-order valence-electron chi connectivity index (χ2n) is 2.11. The Morgan fingerprint density at radius 1 is 1.33 bits per heavy atom. The maximum absolute atomic E-state index is 5.11. The summed E-state index contributed by atoms with van der Waals surface area (Å²) in [6.45, 7) is 5.89. The highest BCUT2D eigenvalue weighted by atomic mass is 16.3. The van der Waals surface area contributed by atoms with Crippen LogP contribution in [0.1, 0.15) is 19.6 Å². The number of fused-ring (bicyclic) bond motifs is 1. The van der Waals surface area contributed by atoms with E-state index in [0.717, 1.165) is 16.7 Å². The third kappa shape index (κ3) is 1.44. The number of rotatable bonds is 0. The zero-order valence-corrected chi connectivity index (χ0v) is 7.53. The van der Waals surface area contributed by atoms with Gasteiger partial charge in [-0.1, -0.05) is 13.8 Å². The Hall–Kier alpha value is -1.38. The monoisotopic (exact) mass is 164 g/mol. The first-order valence-corrected chi connectivity index (χ1v) is 4.02. The van der Waals surface area contributed by atoms with Crippen LogP contribution in [0.2, 0.25) is 0 Å². The van der Waals surface area contributed by atoms with Gasteiger partial charge in [-0.3, -0.25) is 0 Å². The van der Waals surface area contributed by atoms with E-state index in [4.69, 9.17) is 4.42 Å². The number of aryl methyl sites for hydroxylation is 1. The van der Waals surface area contributed by atoms with E-state index in [2.05, 4.69) is 9.97 Å². The van der Waals surface area contributed by atoms with E-state index in [0.29, 0.717) is 0 Å². The van der Waals surface area contributed by atoms with E-state index in [-0.39, 0.29) is 0 Å². The van der Waals surface area contributed by atoms with Crippen molar-refractivity contribution in [3.8, 4) is 0 Å². The van der Waals surface area contributed by atoms with Gasteiger partial charge in [0, 0.05) is 6.20 Å². The molecule has 2 aromatic heterocycles. The lowest BCUT2D eigenvalue weighted by molar-refractivity contribution is 0.539. The van der Waals surface area contributed by atoms with Crippen molar-refractivity contribution in [3.63, 3.8) is 0 Å². The maximum Gasteiger partial charge on any atom is 0.117 e. The number of nitrogens with zero attached hydrogens (tertiary/aromatic N) is 2. The first kappa shape index (κ1) is 8.71. The van der Waals surface area contributed by atoms with Crippen molar-refractivity contribution in [2.45, 2.75) is 20.8 Å². The van der Waals surface area contributed by atoms with Crippen molar-refractivity contribution < 1.29 is 4.42 Å². The quantitative estimate of drug-likeness (QED) is 0.600. The minimum Gasteiger partial charge on any atom is -0.467 e. The molecule has 0 unspecified atom stereocenters. The molecule has 0 aliphatic heterocycles. The SMILES string of the molecule is CC.Cc1occ2ncncc12. The number of hydrogen-bond donors (Lipinski definition) is 0. The summed E-state index contributed by atoms with van der Waals surface area (Å²) in [5.41, 5.74) is 0.868. The highest BCUT2D eigenvalue weighted by molar-refractivity contribution is 5.78. The van der Waals surface area contributed by atoms with E-state index in [1.165, 1.54) is 6.33 Å². The van der Waals surface area contributed by atoms with Crippen molar-refractivity contribution >= 4 is 10.9 Å². The summed E-state index contributed by atoms with van der Waals surface area (Å²) in [4.78, 5) is 7.87. The second-order valence-corrected chi connectivity index (χ2v) is 2.11. The first-order chi connectivity index (χ1) is 5.88. The summed E-state index contributed by atoms with van der Waals surface area (Å²) in [7, 11) is 0. The Morgan fingerprint density at radius 2 is 2.08 bits per heavy atom. The summed E-state index contributed by atoms with van der Waals surface area (Å²) < 4.78 is 5.11. The van der Waals surface area contributed by atoms with Gasteiger partial charge in [-0.25, -0.2) is 9.97 Å². The van der Waals surface area contributed by atoms with Crippen molar-refractivity contribution in [2.75, 3.05) is 0 Å². The largest absolute Gasteiger partial charge is 0.467 e. The zero-order chi connectivity index (χ0) is 8.97. The third-order valence-electron chi connectivity index (χ3n) is 1.47. The van der Waals surface area contributed by atoms with Gasteiger partial charge in [0.05, 0.1) is 5.39 Å². The van der Waals surface area contributed by atoms with Crippen LogP contribution in [0.25, 0.3) is 10.9 Å². The Morgan fingerprint density at radius 3 is 2.75 bits per heavy atom. The van der Waals surface area contributed by atoms with Gasteiger partial charge >= 0.3 is 0 Å². The molecule has 0 bridgehead atoms. The van der Waals surface area contributed by atoms with Crippen LogP contribution in [0.15, 0.2) is 23.2 Å². The normalized spacial score (nSPS) is 9.25. The lowest BCUT2D eigenvalue weighted by atomic mass is 10.3. The third-order valence-corrected chi connectivity index (χ3v) is 1.47. The minimum atomic E-state index is 0.868. The van der Waals surface area contributed by atoms with Crippen molar-refractivity contribution in [2.24, 2.45) is 0 Å². The molecule has 64 valence electrons. The number of aromatic nitrogens is 2. The summed E-state index contributed by atoms with van der Waals surface area (Å²) >= 11 is 0. The van der Waals surface area contributed by atoms with E-state index < -0.39 is 0 Å². The molecule has 0 saturated carbocycles. The van der Waals surface area contributed by atoms with Gasteiger partial charge in [-0.05, 0) is 6.92 Å². The molecule has 2 heterocycles.